The molecule has 0 atom stereocenters. The zero-order valence-corrected chi connectivity index (χ0v) is 9.26. The number of aliphatic carboxylic acids is 1. The molecule has 0 bridgehead atoms. The predicted molar refractivity (Wildman–Crippen MR) is 54.8 cm³/mol. The quantitative estimate of drug-likeness (QED) is 0.835. The van der Waals surface area contributed by atoms with Crippen LogP contribution in [0.1, 0.15) is 28.8 Å². The van der Waals surface area contributed by atoms with E-state index in [2.05, 4.69) is 4.98 Å². The van der Waals surface area contributed by atoms with Gasteiger partial charge < -0.3 is 5.11 Å². The Kier molecular flexibility index (Phi) is 4.18. The Morgan fingerprint density at radius 3 is 2.69 bits per heavy atom. The predicted octanol–water partition coefficient (Wildman–Crippen LogP) is 2.69. The van der Waals surface area contributed by atoms with Gasteiger partial charge in [-0.25, -0.2) is 8.78 Å². The third kappa shape index (κ3) is 2.66. The van der Waals surface area contributed by atoms with E-state index in [4.69, 9.17) is 16.7 Å². The largest absolute Gasteiger partial charge is 0.481 e. The molecule has 0 fully saturated rings. The first kappa shape index (κ1) is 12.8. The van der Waals surface area contributed by atoms with Crippen LogP contribution in [0.2, 0.25) is 0 Å². The van der Waals surface area contributed by atoms with Gasteiger partial charge in [-0.05, 0) is 18.1 Å². The van der Waals surface area contributed by atoms with Gasteiger partial charge in [-0.15, -0.1) is 11.6 Å². The van der Waals surface area contributed by atoms with Crippen LogP contribution in [0.4, 0.5) is 8.78 Å². The first-order valence-corrected chi connectivity index (χ1v) is 5.04. The van der Waals surface area contributed by atoms with Crippen LogP contribution in [-0.4, -0.2) is 16.1 Å². The summed E-state index contributed by atoms with van der Waals surface area (Å²) in [6.45, 7) is 1.50. The Morgan fingerprint density at radius 1 is 1.62 bits per heavy atom. The smallest absolute Gasteiger partial charge is 0.309 e. The number of carboxylic acids is 1. The van der Waals surface area contributed by atoms with E-state index in [0.29, 0.717) is 5.56 Å². The monoisotopic (exact) mass is 249 g/mol. The van der Waals surface area contributed by atoms with Gasteiger partial charge in [0.15, 0.2) is 0 Å². The normalized spacial score (nSPS) is 10.8. The first-order chi connectivity index (χ1) is 7.47. The van der Waals surface area contributed by atoms with Gasteiger partial charge in [0.1, 0.15) is 0 Å². The van der Waals surface area contributed by atoms with Crippen molar-refractivity contribution in [3.8, 4) is 0 Å². The molecule has 1 aromatic rings. The Bertz CT molecular complexity index is 410. The number of hydrogen-bond acceptors (Lipinski definition) is 2. The molecule has 0 unspecified atom stereocenters. The highest BCUT2D eigenvalue weighted by atomic mass is 35.5. The van der Waals surface area contributed by atoms with E-state index in [-0.39, 0.29) is 22.7 Å². The second kappa shape index (κ2) is 5.21. The number of carbonyl (C=O) groups is 1. The van der Waals surface area contributed by atoms with E-state index in [1.54, 1.807) is 0 Å². The summed E-state index contributed by atoms with van der Waals surface area (Å²) >= 11 is 5.57. The summed E-state index contributed by atoms with van der Waals surface area (Å²) in [7, 11) is 0. The van der Waals surface area contributed by atoms with Gasteiger partial charge in [0.2, 0.25) is 0 Å². The van der Waals surface area contributed by atoms with Crippen LogP contribution in [-0.2, 0) is 17.1 Å². The lowest BCUT2D eigenvalue weighted by Crippen LogP contribution is -2.09. The van der Waals surface area contributed by atoms with Crippen molar-refractivity contribution in [2.45, 2.75) is 25.7 Å². The molecule has 0 saturated carbocycles. The van der Waals surface area contributed by atoms with Crippen molar-refractivity contribution in [3.63, 3.8) is 0 Å². The molecule has 1 aromatic heterocycles. The lowest BCUT2D eigenvalue weighted by molar-refractivity contribution is -0.136. The van der Waals surface area contributed by atoms with E-state index < -0.39 is 18.8 Å². The summed E-state index contributed by atoms with van der Waals surface area (Å²) < 4.78 is 25.5. The van der Waals surface area contributed by atoms with Crippen LogP contribution in [0.25, 0.3) is 0 Å². The molecule has 16 heavy (non-hydrogen) atoms. The zero-order valence-electron chi connectivity index (χ0n) is 8.51. The van der Waals surface area contributed by atoms with Gasteiger partial charge in [-0.2, -0.15) is 0 Å². The van der Waals surface area contributed by atoms with Crippen molar-refractivity contribution in [1.82, 2.24) is 4.98 Å². The third-order valence-corrected chi connectivity index (χ3v) is 2.45. The molecule has 3 nitrogen and oxygen atoms in total. The minimum absolute atomic E-state index is 0.100. The Balaban J connectivity index is 3.30. The fourth-order valence-electron chi connectivity index (χ4n) is 1.46. The number of aromatic nitrogens is 1. The van der Waals surface area contributed by atoms with Crippen LogP contribution in [0, 0.1) is 6.92 Å². The number of alkyl halides is 3. The van der Waals surface area contributed by atoms with E-state index in [9.17, 15) is 13.6 Å². The number of rotatable bonds is 4. The minimum Gasteiger partial charge on any atom is -0.481 e. The van der Waals surface area contributed by atoms with Crippen molar-refractivity contribution < 1.29 is 18.7 Å². The van der Waals surface area contributed by atoms with E-state index in [1.165, 1.54) is 13.1 Å². The van der Waals surface area contributed by atoms with Crippen LogP contribution in [0.15, 0.2) is 6.20 Å². The fourth-order valence-corrected chi connectivity index (χ4v) is 1.76. The molecular weight excluding hydrogens is 240 g/mol. The van der Waals surface area contributed by atoms with Crippen molar-refractivity contribution in [3.05, 3.63) is 28.6 Å². The molecule has 0 spiro atoms. The Morgan fingerprint density at radius 2 is 2.25 bits per heavy atom. The number of aryl methyl sites for hydroxylation is 1. The topological polar surface area (TPSA) is 50.2 Å². The molecule has 0 aliphatic heterocycles. The summed E-state index contributed by atoms with van der Waals surface area (Å²) in [4.78, 5) is 14.4. The maximum Gasteiger partial charge on any atom is 0.309 e. The number of pyridine rings is 1. The molecule has 0 aromatic carbocycles. The van der Waals surface area contributed by atoms with Gasteiger partial charge >= 0.3 is 5.97 Å². The summed E-state index contributed by atoms with van der Waals surface area (Å²) in [5.74, 6) is -1.29. The van der Waals surface area contributed by atoms with Crippen molar-refractivity contribution >= 4 is 17.6 Å². The molecular formula is C10H10ClF2NO2. The number of halogens is 3. The fraction of sp³-hybridized carbons (Fsp3) is 0.400. The highest BCUT2D eigenvalue weighted by molar-refractivity contribution is 6.17. The highest BCUT2D eigenvalue weighted by Crippen LogP contribution is 2.29. The summed E-state index contributed by atoms with van der Waals surface area (Å²) in [5, 5.41) is 8.62. The second-order valence-electron chi connectivity index (χ2n) is 3.28. The van der Waals surface area contributed by atoms with Gasteiger partial charge in [0, 0.05) is 17.6 Å². The molecule has 0 aliphatic rings. The van der Waals surface area contributed by atoms with Gasteiger partial charge in [0.05, 0.1) is 12.1 Å². The maximum atomic E-state index is 12.8. The van der Waals surface area contributed by atoms with Gasteiger partial charge in [-0.3, -0.25) is 9.78 Å². The van der Waals surface area contributed by atoms with Crippen molar-refractivity contribution in [1.29, 1.82) is 0 Å². The molecule has 0 saturated heterocycles. The van der Waals surface area contributed by atoms with Crippen LogP contribution >= 0.6 is 11.6 Å². The van der Waals surface area contributed by atoms with Crippen LogP contribution in [0.5, 0.6) is 0 Å². The van der Waals surface area contributed by atoms with E-state index in [1.807, 2.05) is 0 Å². The van der Waals surface area contributed by atoms with E-state index >= 15 is 0 Å². The second-order valence-corrected chi connectivity index (χ2v) is 3.55. The molecule has 6 heteroatoms. The highest BCUT2D eigenvalue weighted by Gasteiger charge is 2.20. The molecule has 0 amide bonds. The molecule has 88 valence electrons. The third-order valence-electron chi connectivity index (χ3n) is 2.18. The Hall–Kier alpha value is -1.23. The lowest BCUT2D eigenvalue weighted by Gasteiger charge is -2.12. The van der Waals surface area contributed by atoms with Crippen molar-refractivity contribution in [2.75, 3.05) is 0 Å². The Labute approximate surface area is 96.1 Å². The standard InChI is InChI=1S/C10H10ClF2NO2/c1-5-4-14-7(2-8(15)16)6(3-11)9(5)10(12)13/h4,10H,2-3H2,1H3,(H,15,16). The number of hydrogen-bond donors (Lipinski definition) is 1. The van der Waals surface area contributed by atoms with Crippen molar-refractivity contribution in [2.24, 2.45) is 0 Å². The number of carboxylic acid groups (broad SMARTS) is 1. The number of nitrogens with zero attached hydrogens (tertiary/aromatic N) is 1. The summed E-state index contributed by atoms with van der Waals surface area (Å²) in [6, 6.07) is 0. The molecule has 1 heterocycles. The lowest BCUT2D eigenvalue weighted by atomic mass is 10.0. The van der Waals surface area contributed by atoms with Gasteiger partial charge in [-0.1, -0.05) is 0 Å². The maximum absolute atomic E-state index is 12.8. The average Bonchev–Trinajstić information content (AvgIpc) is 2.18. The molecule has 0 aliphatic carbocycles. The summed E-state index contributed by atoms with van der Waals surface area (Å²) in [6.07, 6.45) is -1.83. The average molecular weight is 250 g/mol. The molecule has 0 radical (unpaired) electrons. The van der Waals surface area contributed by atoms with E-state index in [0.717, 1.165) is 0 Å². The van der Waals surface area contributed by atoms with Crippen LogP contribution in [0.3, 0.4) is 0 Å². The molecule has 1 N–H and O–H groups in total. The SMILES string of the molecule is Cc1cnc(CC(=O)O)c(CCl)c1C(F)F. The minimum atomic E-state index is -2.68. The summed E-state index contributed by atoms with van der Waals surface area (Å²) in [5.41, 5.74) is 0.337. The molecule has 1 rings (SSSR count). The van der Waals surface area contributed by atoms with Crippen LogP contribution < -0.4 is 0 Å². The zero-order chi connectivity index (χ0) is 12.3. The van der Waals surface area contributed by atoms with Gasteiger partial charge in [0.25, 0.3) is 6.43 Å². The first-order valence-electron chi connectivity index (χ1n) is 4.50.